The van der Waals surface area contributed by atoms with E-state index in [1.807, 2.05) is 32.2 Å². The zero-order valence-corrected chi connectivity index (χ0v) is 10.9. The van der Waals surface area contributed by atoms with Crippen LogP contribution in [0.1, 0.15) is 25.5 Å². The van der Waals surface area contributed by atoms with Crippen LogP contribution in [0.4, 0.5) is 5.82 Å². The van der Waals surface area contributed by atoms with Crippen molar-refractivity contribution in [1.82, 2.24) is 4.98 Å². The van der Waals surface area contributed by atoms with E-state index in [0.29, 0.717) is 6.54 Å². The molecule has 0 bridgehead atoms. The van der Waals surface area contributed by atoms with Crippen LogP contribution in [0.15, 0.2) is 18.3 Å². The van der Waals surface area contributed by atoms with E-state index in [4.69, 9.17) is 10.5 Å². The normalized spacial score (nSPS) is 26.1. The number of hydrogen-bond donors (Lipinski definition) is 2. The number of pyridine rings is 1. The van der Waals surface area contributed by atoms with Crippen molar-refractivity contribution in [2.24, 2.45) is 5.73 Å². The lowest BCUT2D eigenvalue weighted by molar-refractivity contribution is -0.0423. The van der Waals surface area contributed by atoms with Crippen molar-refractivity contribution in [3.63, 3.8) is 0 Å². The predicted molar refractivity (Wildman–Crippen MR) is 70.5 cm³/mol. The molecule has 1 aromatic heterocycles. The topological polar surface area (TPSA) is 71.6 Å². The van der Waals surface area contributed by atoms with Gasteiger partial charge in [0, 0.05) is 25.3 Å². The molecule has 1 aromatic rings. The van der Waals surface area contributed by atoms with Gasteiger partial charge in [-0.15, -0.1) is 0 Å². The summed E-state index contributed by atoms with van der Waals surface area (Å²) in [4.78, 5) is 6.57. The first-order valence-electron chi connectivity index (χ1n) is 6.33. The van der Waals surface area contributed by atoms with Gasteiger partial charge in [0.25, 0.3) is 0 Å². The summed E-state index contributed by atoms with van der Waals surface area (Å²) in [5, 5.41) is 9.20. The van der Waals surface area contributed by atoms with Crippen LogP contribution in [0.2, 0.25) is 0 Å². The predicted octanol–water partition coefficient (Wildman–Crippen LogP) is 0.687. The Hall–Kier alpha value is -1.17. The van der Waals surface area contributed by atoms with Crippen LogP contribution >= 0.6 is 0 Å². The highest BCUT2D eigenvalue weighted by molar-refractivity contribution is 5.40. The average Bonchev–Trinajstić information content (AvgIpc) is 2.38. The number of anilines is 1. The summed E-state index contributed by atoms with van der Waals surface area (Å²) in [6.45, 7) is 5.45. The Kier molecular flexibility index (Phi) is 4.16. The number of ether oxygens (including phenoxy) is 1. The largest absolute Gasteiger partial charge is 0.394 e. The number of hydrogen-bond acceptors (Lipinski definition) is 5. The van der Waals surface area contributed by atoms with Crippen LogP contribution in [-0.4, -0.2) is 42.0 Å². The van der Waals surface area contributed by atoms with Crippen molar-refractivity contribution in [3.8, 4) is 0 Å². The Labute approximate surface area is 108 Å². The summed E-state index contributed by atoms with van der Waals surface area (Å²) in [5.41, 5.74) is 6.83. The first-order valence-corrected chi connectivity index (χ1v) is 6.33. The Morgan fingerprint density at radius 2 is 2.33 bits per heavy atom. The number of rotatable bonds is 3. The fraction of sp³-hybridized carbons (Fsp3) is 0.615. The lowest BCUT2D eigenvalue weighted by Crippen LogP contribution is -2.48. The lowest BCUT2D eigenvalue weighted by Gasteiger charge is -2.36. The molecule has 1 aliphatic heterocycles. The second-order valence-corrected chi connectivity index (χ2v) is 4.89. The standard InChI is InChI=1S/C13H21N3O2/c1-9-6-16(7-12(8-17)18-9)13-4-3-11(5-15-13)10(2)14/h3-5,9-10,12,17H,6-8,14H2,1-2H3/t9?,10-,12?/m1/s1. The second kappa shape index (κ2) is 5.65. The van der Waals surface area contributed by atoms with E-state index in [2.05, 4.69) is 9.88 Å². The molecule has 5 nitrogen and oxygen atoms in total. The fourth-order valence-corrected chi connectivity index (χ4v) is 2.19. The van der Waals surface area contributed by atoms with E-state index in [1.165, 1.54) is 0 Å². The maximum Gasteiger partial charge on any atom is 0.128 e. The number of morpholine rings is 1. The van der Waals surface area contributed by atoms with Crippen LogP contribution in [0.5, 0.6) is 0 Å². The highest BCUT2D eigenvalue weighted by Crippen LogP contribution is 2.19. The fourth-order valence-electron chi connectivity index (χ4n) is 2.19. The summed E-state index contributed by atoms with van der Waals surface area (Å²) < 4.78 is 5.61. The smallest absolute Gasteiger partial charge is 0.128 e. The summed E-state index contributed by atoms with van der Waals surface area (Å²) >= 11 is 0. The third-order valence-electron chi connectivity index (χ3n) is 3.15. The molecule has 2 heterocycles. The summed E-state index contributed by atoms with van der Waals surface area (Å²) in [6, 6.07) is 3.98. The molecular formula is C13H21N3O2. The molecule has 0 amide bonds. The van der Waals surface area contributed by atoms with Crippen molar-refractivity contribution in [2.45, 2.75) is 32.1 Å². The van der Waals surface area contributed by atoms with Gasteiger partial charge in [0.2, 0.25) is 0 Å². The maximum absolute atomic E-state index is 9.20. The quantitative estimate of drug-likeness (QED) is 0.827. The number of nitrogens with zero attached hydrogens (tertiary/aromatic N) is 2. The number of aliphatic hydroxyl groups excluding tert-OH is 1. The minimum absolute atomic E-state index is 0.000327. The Morgan fingerprint density at radius 1 is 1.56 bits per heavy atom. The lowest BCUT2D eigenvalue weighted by atomic mass is 10.1. The Bertz CT molecular complexity index is 380. The molecular weight excluding hydrogens is 230 g/mol. The van der Waals surface area contributed by atoms with E-state index in [1.54, 1.807) is 0 Å². The molecule has 3 atom stereocenters. The van der Waals surface area contributed by atoms with Gasteiger partial charge in [-0.2, -0.15) is 0 Å². The van der Waals surface area contributed by atoms with E-state index in [-0.39, 0.29) is 24.9 Å². The zero-order valence-electron chi connectivity index (χ0n) is 10.9. The van der Waals surface area contributed by atoms with Crippen LogP contribution in [-0.2, 0) is 4.74 Å². The summed E-state index contributed by atoms with van der Waals surface area (Å²) in [7, 11) is 0. The zero-order chi connectivity index (χ0) is 13.1. The van der Waals surface area contributed by atoms with Gasteiger partial charge in [0.15, 0.2) is 0 Å². The first-order chi connectivity index (χ1) is 8.60. The van der Waals surface area contributed by atoms with E-state index >= 15 is 0 Å². The van der Waals surface area contributed by atoms with Gasteiger partial charge in [-0.25, -0.2) is 4.98 Å². The van der Waals surface area contributed by atoms with Gasteiger partial charge < -0.3 is 20.5 Å². The van der Waals surface area contributed by atoms with Crippen molar-refractivity contribution in [3.05, 3.63) is 23.9 Å². The molecule has 0 radical (unpaired) electrons. The van der Waals surface area contributed by atoms with Gasteiger partial charge in [-0.05, 0) is 25.5 Å². The Morgan fingerprint density at radius 3 is 2.89 bits per heavy atom. The number of aliphatic hydroxyl groups is 1. The highest BCUT2D eigenvalue weighted by Gasteiger charge is 2.25. The van der Waals surface area contributed by atoms with Crippen molar-refractivity contribution < 1.29 is 9.84 Å². The molecule has 1 fully saturated rings. The average molecular weight is 251 g/mol. The summed E-state index contributed by atoms with van der Waals surface area (Å²) in [6.07, 6.45) is 1.78. The molecule has 0 saturated carbocycles. The van der Waals surface area contributed by atoms with Crippen LogP contribution < -0.4 is 10.6 Å². The molecule has 2 unspecified atom stereocenters. The number of aromatic nitrogens is 1. The van der Waals surface area contributed by atoms with Gasteiger partial charge in [-0.3, -0.25) is 0 Å². The highest BCUT2D eigenvalue weighted by atomic mass is 16.5. The molecule has 1 saturated heterocycles. The van der Waals surface area contributed by atoms with Gasteiger partial charge in [0.05, 0.1) is 18.8 Å². The molecule has 0 aromatic carbocycles. The van der Waals surface area contributed by atoms with Gasteiger partial charge >= 0.3 is 0 Å². The third-order valence-corrected chi connectivity index (χ3v) is 3.15. The van der Waals surface area contributed by atoms with Gasteiger partial charge in [0.1, 0.15) is 5.82 Å². The van der Waals surface area contributed by atoms with Crippen LogP contribution in [0, 0.1) is 0 Å². The number of nitrogens with two attached hydrogens (primary N) is 1. The summed E-state index contributed by atoms with van der Waals surface area (Å²) in [5.74, 6) is 0.910. The van der Waals surface area contributed by atoms with E-state index < -0.39 is 0 Å². The van der Waals surface area contributed by atoms with Crippen molar-refractivity contribution in [1.29, 1.82) is 0 Å². The maximum atomic E-state index is 9.20. The second-order valence-electron chi connectivity index (χ2n) is 4.89. The molecule has 18 heavy (non-hydrogen) atoms. The van der Waals surface area contributed by atoms with Crippen molar-refractivity contribution >= 4 is 5.82 Å². The molecule has 5 heteroatoms. The third kappa shape index (κ3) is 2.98. The minimum atomic E-state index is -0.136. The molecule has 2 rings (SSSR count). The molecule has 0 aliphatic carbocycles. The van der Waals surface area contributed by atoms with Gasteiger partial charge in [-0.1, -0.05) is 6.07 Å². The van der Waals surface area contributed by atoms with Crippen LogP contribution in [0.3, 0.4) is 0 Å². The molecule has 1 aliphatic rings. The Balaban J connectivity index is 2.10. The van der Waals surface area contributed by atoms with Crippen molar-refractivity contribution in [2.75, 3.05) is 24.6 Å². The van der Waals surface area contributed by atoms with Crippen LogP contribution in [0.25, 0.3) is 0 Å². The molecule has 3 N–H and O–H groups in total. The van der Waals surface area contributed by atoms with E-state index in [9.17, 15) is 5.11 Å². The van der Waals surface area contributed by atoms with E-state index in [0.717, 1.165) is 17.9 Å². The minimum Gasteiger partial charge on any atom is -0.394 e. The molecule has 100 valence electrons. The monoisotopic (exact) mass is 251 g/mol. The first kappa shape index (κ1) is 13.3. The molecule has 0 spiro atoms. The SMILES string of the molecule is CC1CN(c2ccc([C@@H](C)N)cn2)CC(CO)O1.